The van der Waals surface area contributed by atoms with E-state index in [2.05, 4.69) is 150 Å². The van der Waals surface area contributed by atoms with E-state index >= 15 is 0 Å². The molecule has 0 saturated heterocycles. The molecule has 35 heteroatoms. The van der Waals surface area contributed by atoms with Crippen LogP contribution in [0.4, 0.5) is 78.3 Å². The number of carbonyl (C=O) groups excluding carboxylic acids is 12. The van der Waals surface area contributed by atoms with Crippen LogP contribution in [-0.4, -0.2) is 85.1 Å². The highest BCUT2D eigenvalue weighted by molar-refractivity contribution is 14.1. The lowest BCUT2D eigenvalue weighted by Gasteiger charge is -2.09. The van der Waals surface area contributed by atoms with Crippen molar-refractivity contribution in [2.75, 3.05) is 83.8 Å². The smallest absolute Gasteiger partial charge is 0.228 e. The minimum absolute atomic E-state index is 0.00954. The van der Waals surface area contributed by atoms with Crippen molar-refractivity contribution in [3.05, 3.63) is 327 Å². The van der Waals surface area contributed by atoms with Crippen LogP contribution in [0.2, 0.25) is 10.0 Å². The first-order valence-electron chi connectivity index (χ1n) is 42.2. The normalized spacial score (nSPS) is 14.3. The number of amides is 12. The van der Waals surface area contributed by atoms with Crippen LogP contribution in [0.25, 0.3) is 0 Å². The largest absolute Gasteiger partial charge is 0.493 e. The molecule has 12 aromatic rings. The van der Waals surface area contributed by atoms with Gasteiger partial charge >= 0.3 is 0 Å². The summed E-state index contributed by atoms with van der Waals surface area (Å²) in [6.45, 7) is 6.09. The van der Waals surface area contributed by atoms with Gasteiger partial charge in [0, 0.05) is 100 Å². The van der Waals surface area contributed by atoms with E-state index in [4.69, 9.17) is 38.4 Å². The maximum atomic E-state index is 12.5. The minimum Gasteiger partial charge on any atom is -0.493 e. The zero-order valence-corrected chi connectivity index (χ0v) is 83.4. The van der Waals surface area contributed by atoms with Crippen molar-refractivity contribution < 1.29 is 71.4 Å². The van der Waals surface area contributed by atoms with E-state index in [0.717, 1.165) is 153 Å². The Hall–Kier alpha value is -13.2. The van der Waals surface area contributed by atoms with E-state index in [-0.39, 0.29) is 76.7 Å². The van der Waals surface area contributed by atoms with Crippen LogP contribution in [0, 0.1) is 30.2 Å². The fourth-order valence-electron chi connectivity index (χ4n) is 15.4. The number of fused-ring (bicyclic) bond motifs is 12. The minimum atomic E-state index is -0.291. The van der Waals surface area contributed by atoms with Gasteiger partial charge in [-0.3, -0.25) is 57.5 Å². The lowest BCUT2D eigenvalue weighted by Crippen LogP contribution is -2.03. The predicted octanol–water partition coefficient (Wildman–Crippen LogP) is 19.8. The van der Waals surface area contributed by atoms with Crippen molar-refractivity contribution in [2.24, 2.45) is 0 Å². The van der Waals surface area contributed by atoms with Crippen LogP contribution in [-0.2, 0) is 135 Å². The third-order valence-corrected chi connectivity index (χ3v) is 25.0. The Balaban J connectivity index is 0.000000126. The number of hydrogen-bond donors (Lipinski definition) is 13. The highest BCUT2D eigenvalue weighted by Gasteiger charge is 2.28. The summed E-state index contributed by atoms with van der Waals surface area (Å²) in [7, 11) is 3.15. The Labute approximate surface area is 838 Å². The lowest BCUT2D eigenvalue weighted by atomic mass is 10.1. The second-order valence-electron chi connectivity index (χ2n) is 32.1. The number of nitrogens with two attached hydrogens (primary N) is 1. The molecule has 12 aliphatic rings. The maximum Gasteiger partial charge on any atom is 0.228 e. The standard InChI is InChI=1S/C10H11NO3.3C9H9NO.C8H5Br2NO.C8H5BrClNO.C8H6BrNO.C8H6ClNO.C8H6FNO.C8H6INO.C8H8N2O.C8H7NO/c1-13-8-3-6-4-10(12)11-7(6)5-9(8)14-2;2*1-6-2-3-8-7(4-6)5-9(11)10-8;1-6-3-2-4-8-7(6)5-9(11)10-8;9-5-1-4-2-7(12)11-8(4)6(10)3-5;9-6-3-5(10)1-4-2-7(12)11-8(4)6;5*9-6-1-2-7-5(3-6)4-8(11)10-7;10-8-5-6-3-1-2-4-7(6)9-8/h3,5H,4H2,1-2H3,(H,11,12);3*2-4H,5H2,1H3,(H,10,11);2*1,3H,2H2,(H,11,12);4*1-3H,4H2,(H,10,11);1-3H,4,9H2,(H,10,11);1-4H,5H2,(H,9,10). The molecule has 14 N–H and O–H groups in total. The molecule has 136 heavy (non-hydrogen) atoms. The number of para-hydroxylation sites is 1. The summed E-state index contributed by atoms with van der Waals surface area (Å²) in [6.07, 6.45) is 5.73. The number of carbonyl (C=O) groups is 12. The van der Waals surface area contributed by atoms with E-state index in [0.29, 0.717) is 104 Å². The molecular formula is C101H87Br4Cl2FIN13O14. The molecule has 0 saturated carbocycles. The molecule has 0 aliphatic carbocycles. The van der Waals surface area contributed by atoms with Crippen LogP contribution in [0.5, 0.6) is 11.5 Å². The van der Waals surface area contributed by atoms with Gasteiger partial charge in [0.15, 0.2) is 11.5 Å². The van der Waals surface area contributed by atoms with E-state index in [1.807, 2.05) is 178 Å². The highest BCUT2D eigenvalue weighted by Crippen LogP contribution is 2.40. The topological polar surface area (TPSA) is 394 Å². The second-order valence-corrected chi connectivity index (χ2v) is 37.8. The molecule has 0 aromatic heterocycles. The van der Waals surface area contributed by atoms with Gasteiger partial charge in [0.1, 0.15) is 5.82 Å². The van der Waals surface area contributed by atoms with Gasteiger partial charge < -0.3 is 79.0 Å². The van der Waals surface area contributed by atoms with E-state index in [9.17, 15) is 61.9 Å². The zero-order valence-electron chi connectivity index (χ0n) is 73.4. The Bertz CT molecular complexity index is 6070. The first-order valence-corrected chi connectivity index (χ1v) is 47.2. The average Bonchev–Trinajstić information content (AvgIpc) is 1.66. The average molecular weight is 2240 g/mol. The number of ether oxygens (including phenoxy) is 2. The van der Waals surface area contributed by atoms with Crippen molar-refractivity contribution in [1.82, 2.24) is 0 Å². The number of nitrogens with one attached hydrogen (secondary N) is 12. The Kier molecular flexibility index (Phi) is 33.9. The molecule has 0 unspecified atom stereocenters. The maximum absolute atomic E-state index is 12.5. The van der Waals surface area contributed by atoms with Gasteiger partial charge in [0.2, 0.25) is 70.9 Å². The molecule has 0 radical (unpaired) electrons. The predicted molar refractivity (Wildman–Crippen MR) is 551 cm³/mol. The summed E-state index contributed by atoms with van der Waals surface area (Å²) in [5, 5.41) is 34.4. The first-order chi connectivity index (χ1) is 65.0. The number of nitrogen functional groups attached to an aromatic ring is 1. The number of aryl methyl sites for hydroxylation is 3. The van der Waals surface area contributed by atoms with E-state index < -0.39 is 0 Å². The summed E-state index contributed by atoms with van der Waals surface area (Å²) in [5.41, 5.74) is 33.1. The fourth-order valence-corrected chi connectivity index (χ4v) is 19.0. The monoisotopic (exact) mass is 2240 g/mol. The van der Waals surface area contributed by atoms with Gasteiger partial charge in [-0.1, -0.05) is 121 Å². The summed E-state index contributed by atoms with van der Waals surface area (Å²) in [5.74, 6) is 1.70. The van der Waals surface area contributed by atoms with Gasteiger partial charge in [0.25, 0.3) is 0 Å². The number of benzene rings is 12. The summed E-state index contributed by atoms with van der Waals surface area (Å²) < 4.78 is 27.8. The van der Waals surface area contributed by atoms with Crippen LogP contribution in [0.3, 0.4) is 0 Å². The molecule has 12 heterocycles. The molecule has 24 rings (SSSR count). The third kappa shape index (κ3) is 27.6. The van der Waals surface area contributed by atoms with Crippen molar-refractivity contribution >= 4 is 254 Å². The Morgan fingerprint density at radius 1 is 0.294 bits per heavy atom. The number of halogens is 8. The Morgan fingerprint density at radius 2 is 0.640 bits per heavy atom. The van der Waals surface area contributed by atoms with Gasteiger partial charge in [0.05, 0.1) is 103 Å². The molecular weight excluding hydrogens is 2160 g/mol. The van der Waals surface area contributed by atoms with Gasteiger partial charge in [-0.2, -0.15) is 0 Å². The molecule has 27 nitrogen and oxygen atoms in total. The van der Waals surface area contributed by atoms with Crippen molar-refractivity contribution in [2.45, 2.75) is 97.8 Å². The van der Waals surface area contributed by atoms with Crippen molar-refractivity contribution in [3.8, 4) is 11.5 Å². The fraction of sp³-hybridized carbons (Fsp3) is 0.168. The number of rotatable bonds is 2. The SMILES string of the molecule is COc1cc2c(cc1OC)NC(=O)C2.Cc1ccc2c(c1)CC(=O)N2.Cc1ccc2c(c1)CC(=O)N2.Cc1cccc2c1CC(=O)N2.Nc1ccc2c(c1)CC(=O)N2.O=C1Cc2cc(Br)cc(Br)c2N1.O=C1Cc2cc(Br)ccc2N1.O=C1Cc2cc(Cl)cc(Br)c2N1.O=C1Cc2cc(Cl)ccc2N1.O=C1Cc2cc(F)ccc2N1.O=C1Cc2cc(I)ccc2N1.O=C1Cc2ccccc2N1. The lowest BCUT2D eigenvalue weighted by molar-refractivity contribution is -0.115. The van der Waals surface area contributed by atoms with E-state index in [1.54, 1.807) is 50.6 Å². The summed E-state index contributed by atoms with van der Waals surface area (Å²) >= 11 is 27.2. The van der Waals surface area contributed by atoms with Gasteiger partial charge in [-0.15, -0.1) is 0 Å². The summed E-state index contributed by atoms with van der Waals surface area (Å²) in [4.78, 5) is 131. The molecule has 696 valence electrons. The number of hydrogen-bond acceptors (Lipinski definition) is 15. The summed E-state index contributed by atoms with van der Waals surface area (Å²) in [6, 6.07) is 63.6. The number of anilines is 13. The van der Waals surface area contributed by atoms with E-state index in [1.165, 1.54) is 32.4 Å². The first kappa shape index (κ1) is 100. The quantitative estimate of drug-likeness (QED) is 0.0565. The molecule has 0 atom stereocenters. The zero-order chi connectivity index (χ0) is 97.3. The highest BCUT2D eigenvalue weighted by atomic mass is 127. The molecule has 0 fully saturated rings. The van der Waals surface area contributed by atoms with Gasteiger partial charge in [-0.05, 0) is 293 Å². The number of methoxy groups -OCH3 is 2. The molecule has 12 aliphatic heterocycles. The molecule has 0 bridgehead atoms. The second kappa shape index (κ2) is 45.9. The molecule has 12 amide bonds. The van der Waals surface area contributed by atoms with Crippen molar-refractivity contribution in [1.29, 1.82) is 0 Å². The van der Waals surface area contributed by atoms with Crippen LogP contribution < -0.4 is 79.0 Å². The molecule has 0 spiro atoms. The van der Waals surface area contributed by atoms with Crippen LogP contribution in [0.1, 0.15) is 83.5 Å². The third-order valence-electron chi connectivity index (χ3n) is 21.7. The van der Waals surface area contributed by atoms with Crippen molar-refractivity contribution in [3.63, 3.8) is 0 Å². The van der Waals surface area contributed by atoms with Gasteiger partial charge in [-0.25, -0.2) is 4.39 Å². The van der Waals surface area contributed by atoms with Crippen LogP contribution >= 0.6 is 110 Å². The van der Waals surface area contributed by atoms with Crippen LogP contribution in [0.15, 0.2) is 224 Å². The molecule has 12 aromatic carbocycles. The Morgan fingerprint density at radius 3 is 1.15 bits per heavy atom.